The van der Waals surface area contributed by atoms with Crippen molar-refractivity contribution in [1.82, 2.24) is 30.6 Å². The second kappa shape index (κ2) is 17.0. The van der Waals surface area contributed by atoms with Crippen molar-refractivity contribution >= 4 is 29.3 Å². The van der Waals surface area contributed by atoms with Crippen molar-refractivity contribution in [2.75, 3.05) is 25.6 Å². The highest BCUT2D eigenvalue weighted by Crippen LogP contribution is 2.28. The number of carbonyl (C=O) groups excluding carboxylic acids is 2. The quantitative estimate of drug-likeness (QED) is 0.0838. The Balaban J connectivity index is 1.52. The second-order valence-electron chi connectivity index (χ2n) is 10.1. The van der Waals surface area contributed by atoms with Crippen LogP contribution < -0.4 is 20.7 Å². The largest absolute Gasteiger partial charge is 0.495 e. The third-order valence-corrected chi connectivity index (χ3v) is 7.25. The standard InChI is InChI=1S/C29H35ClN8O7/c1-43-23-10-9-19(15-21(23)30)16-34-27-20(29(40)36-18-24-32-12-6-13-33-24)17-35-28(37-27)26(22-7-5-11-31-22)45-25(39)8-3-2-4-14-44-38(41)42/h6,9-10,12-13,15,17,22,26,31H,2-5,7-8,11,14,16,18H2,1H3,(H,36,40)(H,34,35,37)/t22?,26-/m0/s1. The van der Waals surface area contributed by atoms with Crippen LogP contribution in [0.2, 0.25) is 5.02 Å². The first-order chi connectivity index (χ1) is 21.8. The number of carbonyl (C=O) groups is 2. The number of rotatable bonds is 17. The topological polar surface area (TPSA) is 193 Å². The van der Waals surface area contributed by atoms with Gasteiger partial charge in [-0.3, -0.25) is 9.59 Å². The van der Waals surface area contributed by atoms with Crippen LogP contribution in [0.3, 0.4) is 0 Å². The highest BCUT2D eigenvalue weighted by Gasteiger charge is 2.32. The molecular formula is C29H35ClN8O7. The van der Waals surface area contributed by atoms with Crippen LogP contribution in [0.15, 0.2) is 42.9 Å². The van der Waals surface area contributed by atoms with Gasteiger partial charge in [0, 0.05) is 31.6 Å². The number of nitrogens with one attached hydrogen (secondary N) is 3. The zero-order valence-corrected chi connectivity index (χ0v) is 25.5. The van der Waals surface area contributed by atoms with Crippen molar-refractivity contribution in [2.24, 2.45) is 0 Å². The van der Waals surface area contributed by atoms with Crippen molar-refractivity contribution in [3.05, 3.63) is 80.8 Å². The van der Waals surface area contributed by atoms with Gasteiger partial charge in [-0.05, 0) is 56.0 Å². The maximum Gasteiger partial charge on any atom is 0.306 e. The number of ether oxygens (including phenoxy) is 2. The van der Waals surface area contributed by atoms with Crippen LogP contribution in [-0.2, 0) is 27.5 Å². The van der Waals surface area contributed by atoms with E-state index in [1.165, 1.54) is 13.3 Å². The molecule has 4 rings (SSSR count). The van der Waals surface area contributed by atoms with Crippen LogP contribution in [0.4, 0.5) is 5.82 Å². The number of halogens is 1. The molecule has 1 aliphatic heterocycles. The number of methoxy groups -OCH3 is 1. The van der Waals surface area contributed by atoms with Crippen molar-refractivity contribution in [3.63, 3.8) is 0 Å². The molecule has 45 heavy (non-hydrogen) atoms. The third kappa shape index (κ3) is 10.2. The molecule has 0 radical (unpaired) electrons. The Hall–Kier alpha value is -4.63. The molecule has 0 aliphatic carbocycles. The Labute approximate surface area is 264 Å². The average Bonchev–Trinajstić information content (AvgIpc) is 3.58. The first-order valence-electron chi connectivity index (χ1n) is 14.5. The molecule has 16 heteroatoms. The predicted octanol–water partition coefficient (Wildman–Crippen LogP) is 3.58. The number of amides is 1. The molecule has 0 bridgehead atoms. The summed E-state index contributed by atoms with van der Waals surface area (Å²) in [6, 6.07) is 6.80. The van der Waals surface area contributed by atoms with Gasteiger partial charge in [-0.25, -0.2) is 19.9 Å². The Morgan fingerprint density at radius 1 is 1.18 bits per heavy atom. The molecule has 3 heterocycles. The van der Waals surface area contributed by atoms with E-state index < -0.39 is 23.1 Å². The summed E-state index contributed by atoms with van der Waals surface area (Å²) in [5.41, 5.74) is 0.991. The minimum atomic E-state index is -0.838. The van der Waals surface area contributed by atoms with E-state index in [0.29, 0.717) is 35.9 Å². The van der Waals surface area contributed by atoms with Crippen LogP contribution >= 0.6 is 11.6 Å². The lowest BCUT2D eigenvalue weighted by Crippen LogP contribution is -2.34. The SMILES string of the molecule is COc1ccc(CNc2nc([C@@H](OC(=O)CCCCCO[N+](=O)[O-])C3CCCN3)ncc2C(=O)NCc2ncccn2)cc1Cl. The first kappa shape index (κ1) is 33.3. The molecule has 1 unspecified atom stereocenters. The number of benzene rings is 1. The summed E-state index contributed by atoms with van der Waals surface area (Å²) in [7, 11) is 1.53. The van der Waals surface area contributed by atoms with Crippen molar-refractivity contribution in [2.45, 2.75) is 63.8 Å². The van der Waals surface area contributed by atoms with Gasteiger partial charge in [0.2, 0.25) is 0 Å². The lowest BCUT2D eigenvalue weighted by atomic mass is 10.1. The molecule has 0 spiro atoms. The van der Waals surface area contributed by atoms with E-state index in [4.69, 9.17) is 21.1 Å². The molecule has 0 saturated carbocycles. The fraction of sp³-hybridized carbons (Fsp3) is 0.448. The van der Waals surface area contributed by atoms with Crippen LogP contribution in [0, 0.1) is 10.1 Å². The fourth-order valence-corrected chi connectivity index (χ4v) is 4.97. The second-order valence-corrected chi connectivity index (χ2v) is 10.5. The molecule has 1 aliphatic rings. The third-order valence-electron chi connectivity index (χ3n) is 6.95. The Morgan fingerprint density at radius 2 is 2.00 bits per heavy atom. The van der Waals surface area contributed by atoms with E-state index in [-0.39, 0.29) is 49.4 Å². The summed E-state index contributed by atoms with van der Waals surface area (Å²) < 4.78 is 11.1. The molecule has 240 valence electrons. The van der Waals surface area contributed by atoms with E-state index >= 15 is 0 Å². The number of aromatic nitrogens is 4. The molecule has 2 aromatic heterocycles. The number of hydrogen-bond acceptors (Lipinski definition) is 13. The molecule has 2 atom stereocenters. The van der Waals surface area contributed by atoms with Gasteiger partial charge in [-0.15, -0.1) is 10.1 Å². The summed E-state index contributed by atoms with van der Waals surface area (Å²) in [6.45, 7) is 1.09. The van der Waals surface area contributed by atoms with Crippen molar-refractivity contribution in [3.8, 4) is 5.75 Å². The summed E-state index contributed by atoms with van der Waals surface area (Å²) in [4.78, 5) is 58.1. The molecule has 3 aromatic rings. The maximum absolute atomic E-state index is 13.3. The summed E-state index contributed by atoms with van der Waals surface area (Å²) in [5, 5.41) is 19.2. The summed E-state index contributed by atoms with van der Waals surface area (Å²) in [6.07, 6.45) is 7.01. The molecule has 1 amide bonds. The monoisotopic (exact) mass is 642 g/mol. The molecule has 1 fully saturated rings. The Kier molecular flexibility index (Phi) is 12.6. The summed E-state index contributed by atoms with van der Waals surface area (Å²) >= 11 is 6.31. The molecule has 15 nitrogen and oxygen atoms in total. The first-order valence-corrected chi connectivity index (χ1v) is 14.9. The minimum absolute atomic E-state index is 0.0265. The van der Waals surface area contributed by atoms with Crippen LogP contribution in [-0.4, -0.2) is 63.2 Å². The predicted molar refractivity (Wildman–Crippen MR) is 162 cm³/mol. The van der Waals surface area contributed by atoms with Gasteiger partial charge in [-0.2, -0.15) is 0 Å². The zero-order chi connectivity index (χ0) is 32.0. The van der Waals surface area contributed by atoms with Gasteiger partial charge in [0.05, 0.1) is 31.3 Å². The zero-order valence-electron chi connectivity index (χ0n) is 24.7. The summed E-state index contributed by atoms with van der Waals surface area (Å²) in [5.74, 6) is 0.558. The van der Waals surface area contributed by atoms with E-state index in [1.54, 1.807) is 30.6 Å². The van der Waals surface area contributed by atoms with Gasteiger partial charge in [0.15, 0.2) is 11.9 Å². The number of anilines is 1. The smallest absolute Gasteiger partial charge is 0.306 e. The van der Waals surface area contributed by atoms with Crippen molar-refractivity contribution in [1.29, 1.82) is 0 Å². The van der Waals surface area contributed by atoms with Gasteiger partial charge < -0.3 is 30.3 Å². The van der Waals surface area contributed by atoms with Gasteiger partial charge in [-0.1, -0.05) is 24.1 Å². The molecule has 1 saturated heterocycles. The molecule has 3 N–H and O–H groups in total. The molecule has 1 aromatic carbocycles. The molecular weight excluding hydrogens is 608 g/mol. The van der Waals surface area contributed by atoms with Crippen LogP contribution in [0.5, 0.6) is 5.75 Å². The number of unbranched alkanes of at least 4 members (excludes halogenated alkanes) is 2. The lowest BCUT2D eigenvalue weighted by Gasteiger charge is -2.24. The van der Waals surface area contributed by atoms with Crippen molar-refractivity contribution < 1.29 is 29.0 Å². The number of hydrogen-bond donors (Lipinski definition) is 3. The maximum atomic E-state index is 13.3. The lowest BCUT2D eigenvalue weighted by molar-refractivity contribution is -0.757. The Bertz CT molecular complexity index is 1440. The van der Waals surface area contributed by atoms with Gasteiger partial charge >= 0.3 is 5.97 Å². The van der Waals surface area contributed by atoms with E-state index in [9.17, 15) is 19.7 Å². The highest BCUT2D eigenvalue weighted by molar-refractivity contribution is 6.32. The fourth-order valence-electron chi connectivity index (χ4n) is 4.69. The Morgan fingerprint density at radius 3 is 2.71 bits per heavy atom. The van der Waals surface area contributed by atoms with E-state index in [2.05, 4.69) is 40.7 Å². The van der Waals surface area contributed by atoms with E-state index in [0.717, 1.165) is 24.9 Å². The van der Waals surface area contributed by atoms with Crippen LogP contribution in [0.25, 0.3) is 0 Å². The minimum Gasteiger partial charge on any atom is -0.495 e. The average molecular weight is 643 g/mol. The van der Waals surface area contributed by atoms with Gasteiger partial charge in [0.25, 0.3) is 11.0 Å². The highest BCUT2D eigenvalue weighted by atomic mass is 35.5. The van der Waals surface area contributed by atoms with Crippen LogP contribution in [0.1, 0.15) is 72.2 Å². The van der Waals surface area contributed by atoms with Gasteiger partial charge in [0.1, 0.15) is 23.0 Å². The number of nitrogens with zero attached hydrogens (tertiary/aromatic N) is 5. The van der Waals surface area contributed by atoms with E-state index in [1.807, 2.05) is 6.07 Å². The normalized spacial score (nSPS) is 14.8. The number of esters is 1.